The summed E-state index contributed by atoms with van der Waals surface area (Å²) in [5.74, 6) is 0. The van der Waals surface area contributed by atoms with Crippen LogP contribution in [0.3, 0.4) is 0 Å². The van der Waals surface area contributed by atoms with Gasteiger partial charge in [0.1, 0.15) is 4.21 Å². The van der Waals surface area contributed by atoms with Crippen LogP contribution in [0.2, 0.25) is 4.34 Å². The molecule has 0 amide bonds. The van der Waals surface area contributed by atoms with Gasteiger partial charge in [0.05, 0.1) is 21.1 Å². The molecule has 21 heavy (non-hydrogen) atoms. The third-order valence-corrected chi connectivity index (χ3v) is 6.01. The van der Waals surface area contributed by atoms with Gasteiger partial charge in [-0.1, -0.05) is 11.6 Å². The molecule has 0 radical (unpaired) electrons. The Balaban J connectivity index is 2.04. The molecule has 0 bridgehead atoms. The molecule has 3 rings (SSSR count). The highest BCUT2D eigenvalue weighted by atomic mass is 35.5. The zero-order chi connectivity index (χ0) is 15.2. The maximum atomic E-state index is 12.3. The topological polar surface area (TPSA) is 94.8 Å². The molecular formula is C12H10ClN3O3S2. The van der Waals surface area contributed by atoms with Crippen LogP contribution >= 0.6 is 22.9 Å². The first-order valence-electron chi connectivity index (χ1n) is 5.86. The molecule has 6 nitrogen and oxygen atoms in total. The van der Waals surface area contributed by atoms with E-state index >= 15 is 0 Å². The van der Waals surface area contributed by atoms with E-state index in [-0.39, 0.29) is 9.90 Å². The molecule has 0 spiro atoms. The first kappa shape index (κ1) is 14.2. The van der Waals surface area contributed by atoms with E-state index in [0.717, 1.165) is 11.3 Å². The summed E-state index contributed by atoms with van der Waals surface area (Å²) in [6.07, 6.45) is 0. The Kier molecular flexibility index (Phi) is 3.31. The number of aromatic nitrogens is 2. The van der Waals surface area contributed by atoms with Crippen molar-refractivity contribution in [1.82, 2.24) is 9.97 Å². The number of imidazole rings is 1. The van der Waals surface area contributed by atoms with E-state index in [0.29, 0.717) is 26.6 Å². The van der Waals surface area contributed by atoms with Crippen molar-refractivity contribution in [3.63, 3.8) is 0 Å². The van der Waals surface area contributed by atoms with Crippen molar-refractivity contribution in [2.45, 2.75) is 11.1 Å². The molecule has 2 aromatic heterocycles. The highest BCUT2D eigenvalue weighted by Gasteiger charge is 2.18. The van der Waals surface area contributed by atoms with Crippen molar-refractivity contribution in [2.75, 3.05) is 4.72 Å². The second-order valence-electron chi connectivity index (χ2n) is 4.46. The van der Waals surface area contributed by atoms with Gasteiger partial charge in [-0.3, -0.25) is 4.72 Å². The molecule has 0 aliphatic heterocycles. The van der Waals surface area contributed by atoms with Gasteiger partial charge in [0.2, 0.25) is 0 Å². The lowest BCUT2D eigenvalue weighted by atomic mass is 10.2. The molecule has 0 fully saturated rings. The lowest BCUT2D eigenvalue weighted by molar-refractivity contribution is 0.603. The van der Waals surface area contributed by atoms with Crippen LogP contribution in [0, 0.1) is 6.92 Å². The van der Waals surface area contributed by atoms with E-state index < -0.39 is 10.0 Å². The summed E-state index contributed by atoms with van der Waals surface area (Å²) in [5, 5.41) is 0. The number of aromatic amines is 2. The van der Waals surface area contributed by atoms with Gasteiger partial charge < -0.3 is 9.97 Å². The maximum Gasteiger partial charge on any atom is 0.323 e. The number of halogens is 1. The predicted octanol–water partition coefficient (Wildman–Crippen LogP) is 2.68. The quantitative estimate of drug-likeness (QED) is 0.682. The van der Waals surface area contributed by atoms with E-state index in [1.54, 1.807) is 19.1 Å². The summed E-state index contributed by atoms with van der Waals surface area (Å²) in [6, 6.07) is 6.25. The Labute approximate surface area is 128 Å². The van der Waals surface area contributed by atoms with Gasteiger partial charge in [-0.15, -0.1) is 11.3 Å². The average molecular weight is 344 g/mol. The van der Waals surface area contributed by atoms with Crippen molar-refractivity contribution in [3.8, 4) is 0 Å². The number of thiophene rings is 1. The van der Waals surface area contributed by atoms with Crippen LogP contribution in [0.4, 0.5) is 5.69 Å². The summed E-state index contributed by atoms with van der Waals surface area (Å²) in [5.41, 5.74) is 1.92. The fraction of sp³-hybridized carbons (Fsp3) is 0.0833. The Morgan fingerprint density at radius 3 is 2.48 bits per heavy atom. The number of sulfonamides is 1. The van der Waals surface area contributed by atoms with Gasteiger partial charge in [0.15, 0.2) is 0 Å². The number of nitrogens with one attached hydrogen (secondary N) is 3. The zero-order valence-electron chi connectivity index (χ0n) is 10.7. The van der Waals surface area contributed by atoms with Gasteiger partial charge in [-0.25, -0.2) is 13.2 Å². The van der Waals surface area contributed by atoms with Crippen molar-refractivity contribution in [2.24, 2.45) is 0 Å². The number of H-pyrrole nitrogens is 2. The lowest BCUT2D eigenvalue weighted by Gasteiger charge is -2.09. The minimum absolute atomic E-state index is 0.134. The highest BCUT2D eigenvalue weighted by Crippen LogP contribution is 2.29. The number of hydrogen-bond acceptors (Lipinski definition) is 4. The fourth-order valence-corrected chi connectivity index (χ4v) is 4.54. The summed E-state index contributed by atoms with van der Waals surface area (Å²) < 4.78 is 27.6. The summed E-state index contributed by atoms with van der Waals surface area (Å²) in [4.78, 5) is 16.5. The number of hydrogen-bond donors (Lipinski definition) is 3. The zero-order valence-corrected chi connectivity index (χ0v) is 13.1. The van der Waals surface area contributed by atoms with Crippen molar-refractivity contribution < 1.29 is 8.42 Å². The Morgan fingerprint density at radius 2 is 1.86 bits per heavy atom. The molecule has 0 saturated carbocycles. The summed E-state index contributed by atoms with van der Waals surface area (Å²) in [6.45, 7) is 1.75. The lowest BCUT2D eigenvalue weighted by Crippen LogP contribution is -2.12. The molecule has 3 aromatic rings. The van der Waals surface area contributed by atoms with Crippen LogP contribution in [0.25, 0.3) is 11.0 Å². The second-order valence-corrected chi connectivity index (χ2v) is 8.08. The maximum absolute atomic E-state index is 12.3. The SMILES string of the molecule is Cc1cc2[nH]c(=O)[nH]c2cc1NS(=O)(=O)c1ccc(Cl)s1. The Hall–Kier alpha value is -1.77. The van der Waals surface area contributed by atoms with E-state index in [1.807, 2.05) is 0 Å². The Morgan fingerprint density at radius 1 is 1.19 bits per heavy atom. The molecule has 0 atom stereocenters. The third kappa shape index (κ3) is 2.69. The third-order valence-electron chi connectivity index (χ3n) is 2.92. The monoisotopic (exact) mass is 343 g/mol. The smallest absolute Gasteiger partial charge is 0.306 e. The van der Waals surface area contributed by atoms with Gasteiger partial charge >= 0.3 is 5.69 Å². The molecule has 3 N–H and O–H groups in total. The van der Waals surface area contributed by atoms with Crippen LogP contribution in [0.15, 0.2) is 33.3 Å². The number of fused-ring (bicyclic) bond motifs is 1. The van der Waals surface area contributed by atoms with Crippen molar-refractivity contribution in [1.29, 1.82) is 0 Å². The minimum Gasteiger partial charge on any atom is -0.306 e. The molecule has 9 heteroatoms. The van der Waals surface area contributed by atoms with Crippen LogP contribution < -0.4 is 10.4 Å². The van der Waals surface area contributed by atoms with Crippen LogP contribution in [-0.4, -0.2) is 18.4 Å². The molecule has 0 saturated heterocycles. The van der Waals surface area contributed by atoms with Crippen molar-refractivity contribution >= 4 is 49.7 Å². The standard InChI is InChI=1S/C12H10ClN3O3S2/c1-6-4-8-9(15-12(17)14-8)5-7(6)16-21(18,19)11-3-2-10(13)20-11/h2-5,16H,1H3,(H2,14,15,17). The fourth-order valence-electron chi connectivity index (χ4n) is 1.94. The van der Waals surface area contributed by atoms with Gasteiger partial charge in [0.25, 0.3) is 10.0 Å². The van der Waals surface area contributed by atoms with Crippen LogP contribution in [0.5, 0.6) is 0 Å². The largest absolute Gasteiger partial charge is 0.323 e. The highest BCUT2D eigenvalue weighted by molar-refractivity contribution is 7.94. The second kappa shape index (κ2) is 4.90. The molecule has 0 aliphatic rings. The molecular weight excluding hydrogens is 334 g/mol. The van der Waals surface area contributed by atoms with E-state index in [9.17, 15) is 13.2 Å². The van der Waals surface area contributed by atoms with Crippen LogP contribution in [0.1, 0.15) is 5.56 Å². The van der Waals surface area contributed by atoms with Crippen molar-refractivity contribution in [3.05, 3.63) is 44.6 Å². The van der Waals surface area contributed by atoms with E-state index in [2.05, 4.69) is 14.7 Å². The number of rotatable bonds is 3. The minimum atomic E-state index is -3.69. The van der Waals surface area contributed by atoms with Gasteiger partial charge in [-0.2, -0.15) is 0 Å². The van der Waals surface area contributed by atoms with E-state index in [1.165, 1.54) is 12.1 Å². The average Bonchev–Trinajstić information content (AvgIpc) is 2.95. The van der Waals surface area contributed by atoms with Gasteiger partial charge in [0, 0.05) is 0 Å². The molecule has 2 heterocycles. The molecule has 1 aromatic carbocycles. The first-order valence-corrected chi connectivity index (χ1v) is 8.54. The summed E-state index contributed by atoms with van der Waals surface area (Å²) >= 11 is 6.74. The first-order chi connectivity index (χ1) is 9.85. The molecule has 0 aliphatic carbocycles. The normalized spacial score (nSPS) is 11.9. The van der Waals surface area contributed by atoms with E-state index in [4.69, 9.17) is 11.6 Å². The van der Waals surface area contributed by atoms with Gasteiger partial charge in [-0.05, 0) is 36.8 Å². The number of aryl methyl sites for hydroxylation is 1. The van der Waals surface area contributed by atoms with Crippen LogP contribution in [-0.2, 0) is 10.0 Å². The number of benzene rings is 1. The Bertz CT molecular complexity index is 985. The molecule has 110 valence electrons. The molecule has 0 unspecified atom stereocenters. The summed E-state index contributed by atoms with van der Waals surface area (Å²) in [7, 11) is -3.69. The number of anilines is 1. The predicted molar refractivity (Wildman–Crippen MR) is 83.8 cm³/mol.